The Hall–Kier alpha value is -2.08. The van der Waals surface area contributed by atoms with Gasteiger partial charge in [-0.15, -0.1) is 0 Å². The normalized spacial score (nSPS) is 27.6. The molecule has 6 heteroatoms. The fourth-order valence-electron chi connectivity index (χ4n) is 5.72. The standard InChI is InChI=1S/C26H41N5O/c1-20-15-22(18-31(20)17-21-9-5-3-6-10-21)16-28-26(27-2)29-24-13-14-30(19-24)25(32)23-11-7-4-8-12-23/h3,5-6,9-10,20,22-24H,4,7-8,11-19H2,1-2H3,(H2,27,28,29). The van der Waals surface area contributed by atoms with Gasteiger partial charge in [0.05, 0.1) is 0 Å². The number of hydrogen-bond acceptors (Lipinski definition) is 3. The summed E-state index contributed by atoms with van der Waals surface area (Å²) < 4.78 is 0. The molecule has 0 bridgehead atoms. The maximum Gasteiger partial charge on any atom is 0.225 e. The lowest BCUT2D eigenvalue weighted by Gasteiger charge is -2.26. The molecule has 6 nitrogen and oxygen atoms in total. The number of hydrogen-bond donors (Lipinski definition) is 2. The van der Waals surface area contributed by atoms with Gasteiger partial charge in [-0.2, -0.15) is 0 Å². The summed E-state index contributed by atoms with van der Waals surface area (Å²) in [4.78, 5) is 22.0. The van der Waals surface area contributed by atoms with Crippen molar-refractivity contribution in [3.63, 3.8) is 0 Å². The van der Waals surface area contributed by atoms with E-state index in [1.165, 1.54) is 31.2 Å². The van der Waals surface area contributed by atoms with Gasteiger partial charge >= 0.3 is 0 Å². The molecule has 32 heavy (non-hydrogen) atoms. The summed E-state index contributed by atoms with van der Waals surface area (Å²) in [6.07, 6.45) is 8.10. The number of carbonyl (C=O) groups is 1. The quantitative estimate of drug-likeness (QED) is 0.528. The summed E-state index contributed by atoms with van der Waals surface area (Å²) in [6.45, 7) is 7.10. The number of amides is 1. The number of rotatable bonds is 6. The monoisotopic (exact) mass is 439 g/mol. The first-order chi connectivity index (χ1) is 15.6. The third-order valence-corrected chi connectivity index (χ3v) is 7.60. The molecule has 0 aromatic heterocycles. The summed E-state index contributed by atoms with van der Waals surface area (Å²) in [7, 11) is 1.84. The minimum absolute atomic E-state index is 0.267. The highest BCUT2D eigenvalue weighted by atomic mass is 16.2. The zero-order valence-corrected chi connectivity index (χ0v) is 19.9. The lowest BCUT2D eigenvalue weighted by atomic mass is 9.88. The predicted octanol–water partition coefficient (Wildman–Crippen LogP) is 3.24. The highest BCUT2D eigenvalue weighted by Gasteiger charge is 2.32. The fourth-order valence-corrected chi connectivity index (χ4v) is 5.72. The van der Waals surface area contributed by atoms with Crippen LogP contribution in [0.4, 0.5) is 0 Å². The lowest BCUT2D eigenvalue weighted by molar-refractivity contribution is -0.135. The van der Waals surface area contributed by atoms with Crippen molar-refractivity contribution < 1.29 is 4.79 Å². The van der Waals surface area contributed by atoms with Crippen LogP contribution < -0.4 is 10.6 Å². The summed E-state index contributed by atoms with van der Waals surface area (Å²) >= 11 is 0. The van der Waals surface area contributed by atoms with Crippen molar-refractivity contribution in [2.24, 2.45) is 16.8 Å². The van der Waals surface area contributed by atoms with Crippen molar-refractivity contribution in [1.82, 2.24) is 20.4 Å². The number of benzene rings is 1. The Morgan fingerprint density at radius 1 is 1.09 bits per heavy atom. The number of nitrogens with one attached hydrogen (secondary N) is 2. The third kappa shape index (κ3) is 6.03. The molecule has 2 aliphatic heterocycles. The predicted molar refractivity (Wildman–Crippen MR) is 130 cm³/mol. The van der Waals surface area contributed by atoms with Gasteiger partial charge in [-0.1, -0.05) is 49.6 Å². The van der Waals surface area contributed by atoms with Crippen molar-refractivity contribution in [1.29, 1.82) is 0 Å². The minimum Gasteiger partial charge on any atom is -0.356 e. The Morgan fingerprint density at radius 2 is 1.88 bits per heavy atom. The van der Waals surface area contributed by atoms with Gasteiger partial charge in [0.1, 0.15) is 0 Å². The summed E-state index contributed by atoms with van der Waals surface area (Å²) in [5.74, 6) is 2.15. The second-order valence-corrected chi connectivity index (χ2v) is 10.1. The van der Waals surface area contributed by atoms with Crippen LogP contribution in [0.25, 0.3) is 0 Å². The van der Waals surface area contributed by atoms with Gasteiger partial charge in [-0.25, -0.2) is 0 Å². The second kappa shape index (κ2) is 11.2. The van der Waals surface area contributed by atoms with Crippen LogP contribution in [0.2, 0.25) is 0 Å². The SMILES string of the molecule is CN=C(NCC1CC(C)N(Cc2ccccc2)C1)NC1CCN(C(=O)C2CCCCC2)C1. The van der Waals surface area contributed by atoms with E-state index in [4.69, 9.17) is 0 Å². The van der Waals surface area contributed by atoms with E-state index in [-0.39, 0.29) is 5.92 Å². The molecule has 2 heterocycles. The Balaban J connectivity index is 1.19. The van der Waals surface area contributed by atoms with E-state index in [0.29, 0.717) is 23.9 Å². The van der Waals surface area contributed by atoms with Crippen LogP contribution in [0.1, 0.15) is 57.4 Å². The number of guanidine groups is 1. The Bertz CT molecular complexity index is 761. The Labute approximate surface area is 193 Å². The second-order valence-electron chi connectivity index (χ2n) is 10.1. The van der Waals surface area contributed by atoms with Crippen LogP contribution in [0.3, 0.4) is 0 Å². The first-order valence-corrected chi connectivity index (χ1v) is 12.7. The molecule has 0 spiro atoms. The van der Waals surface area contributed by atoms with Gasteiger partial charge in [0.2, 0.25) is 5.91 Å². The molecule has 2 saturated heterocycles. The number of aliphatic imine (C=N–C) groups is 1. The molecule has 1 saturated carbocycles. The summed E-state index contributed by atoms with van der Waals surface area (Å²) in [5, 5.41) is 7.13. The number of likely N-dealkylation sites (tertiary alicyclic amines) is 2. The average molecular weight is 440 g/mol. The van der Waals surface area contributed by atoms with Crippen LogP contribution in [0, 0.1) is 11.8 Å². The maximum atomic E-state index is 12.8. The van der Waals surface area contributed by atoms with E-state index in [1.54, 1.807) is 0 Å². The van der Waals surface area contributed by atoms with Crippen LogP contribution in [0.5, 0.6) is 0 Å². The van der Waals surface area contributed by atoms with Crippen LogP contribution in [-0.2, 0) is 11.3 Å². The van der Waals surface area contributed by atoms with Gasteiger partial charge in [0, 0.05) is 57.8 Å². The van der Waals surface area contributed by atoms with Gasteiger partial charge in [0.25, 0.3) is 0 Å². The van der Waals surface area contributed by atoms with E-state index < -0.39 is 0 Å². The van der Waals surface area contributed by atoms with Gasteiger partial charge < -0.3 is 15.5 Å². The molecule has 3 fully saturated rings. The molecule has 1 aromatic rings. The molecule has 3 atom stereocenters. The van der Waals surface area contributed by atoms with Crippen LogP contribution in [0.15, 0.2) is 35.3 Å². The number of carbonyl (C=O) groups excluding carboxylic acids is 1. The molecule has 1 aliphatic carbocycles. The highest BCUT2D eigenvalue weighted by molar-refractivity contribution is 5.81. The molecular formula is C26H41N5O. The molecule has 2 N–H and O–H groups in total. The number of nitrogens with zero attached hydrogens (tertiary/aromatic N) is 3. The largest absolute Gasteiger partial charge is 0.356 e. The van der Waals surface area contributed by atoms with E-state index in [0.717, 1.165) is 57.9 Å². The highest BCUT2D eigenvalue weighted by Crippen LogP contribution is 2.27. The summed E-state index contributed by atoms with van der Waals surface area (Å²) in [5.41, 5.74) is 1.39. The van der Waals surface area contributed by atoms with Gasteiger partial charge in [0.15, 0.2) is 5.96 Å². The van der Waals surface area contributed by atoms with Crippen molar-refractivity contribution in [3.05, 3.63) is 35.9 Å². The lowest BCUT2D eigenvalue weighted by Crippen LogP contribution is -2.46. The molecule has 1 aromatic carbocycles. The first-order valence-electron chi connectivity index (χ1n) is 12.7. The molecule has 3 aliphatic rings. The maximum absolute atomic E-state index is 12.8. The van der Waals surface area contributed by atoms with Crippen LogP contribution in [-0.4, -0.2) is 67.0 Å². The van der Waals surface area contributed by atoms with Crippen LogP contribution >= 0.6 is 0 Å². The minimum atomic E-state index is 0.267. The van der Waals surface area contributed by atoms with Gasteiger partial charge in [-0.3, -0.25) is 14.7 Å². The van der Waals surface area contributed by atoms with Crippen molar-refractivity contribution >= 4 is 11.9 Å². The van der Waals surface area contributed by atoms with E-state index in [2.05, 4.69) is 62.7 Å². The summed E-state index contributed by atoms with van der Waals surface area (Å²) in [6, 6.07) is 11.7. The van der Waals surface area contributed by atoms with Crippen molar-refractivity contribution in [2.45, 2.75) is 70.5 Å². The third-order valence-electron chi connectivity index (χ3n) is 7.60. The Morgan fingerprint density at radius 3 is 2.62 bits per heavy atom. The molecule has 3 unspecified atom stereocenters. The fraction of sp³-hybridized carbons (Fsp3) is 0.692. The van der Waals surface area contributed by atoms with Crippen molar-refractivity contribution in [2.75, 3.05) is 33.2 Å². The smallest absolute Gasteiger partial charge is 0.225 e. The molecule has 0 radical (unpaired) electrons. The van der Waals surface area contributed by atoms with E-state index in [1.807, 2.05) is 7.05 Å². The zero-order valence-electron chi connectivity index (χ0n) is 19.9. The topological polar surface area (TPSA) is 60.0 Å². The molecule has 4 rings (SSSR count). The molecule has 176 valence electrons. The van der Waals surface area contributed by atoms with Crippen molar-refractivity contribution in [3.8, 4) is 0 Å². The molecule has 1 amide bonds. The van der Waals surface area contributed by atoms with Gasteiger partial charge in [-0.05, 0) is 44.1 Å². The van der Waals surface area contributed by atoms with E-state index in [9.17, 15) is 4.79 Å². The van der Waals surface area contributed by atoms with E-state index >= 15 is 0 Å². The zero-order chi connectivity index (χ0) is 22.3. The average Bonchev–Trinajstić information content (AvgIpc) is 3.44. The first kappa shape index (κ1) is 23.1. The Kier molecular flexibility index (Phi) is 8.06. The molecular weight excluding hydrogens is 398 g/mol.